The number of aryl methyl sites for hydroxylation is 1. The van der Waals surface area contributed by atoms with Gasteiger partial charge in [0.15, 0.2) is 0 Å². The van der Waals surface area contributed by atoms with Crippen molar-refractivity contribution in [1.29, 1.82) is 0 Å². The predicted molar refractivity (Wildman–Crippen MR) is 110 cm³/mol. The molecule has 3 rings (SSSR count). The van der Waals surface area contributed by atoms with Gasteiger partial charge in [0.2, 0.25) is 0 Å². The van der Waals surface area contributed by atoms with E-state index >= 15 is 0 Å². The van der Waals surface area contributed by atoms with E-state index in [1.807, 2.05) is 0 Å². The van der Waals surface area contributed by atoms with E-state index in [1.54, 1.807) is 19.9 Å². The van der Waals surface area contributed by atoms with Crippen molar-refractivity contribution in [2.24, 2.45) is 0 Å². The lowest BCUT2D eigenvalue weighted by molar-refractivity contribution is -0.149. The lowest BCUT2D eigenvalue weighted by Crippen LogP contribution is -2.35. The molecule has 6 nitrogen and oxygen atoms in total. The van der Waals surface area contributed by atoms with E-state index in [9.17, 15) is 14.4 Å². The van der Waals surface area contributed by atoms with Crippen LogP contribution < -0.4 is 0 Å². The zero-order valence-electron chi connectivity index (χ0n) is 17.0. The molecule has 2 fully saturated rings. The third-order valence-electron chi connectivity index (χ3n) is 5.28. The molecule has 0 unspecified atom stereocenters. The second-order valence-electron chi connectivity index (χ2n) is 7.79. The summed E-state index contributed by atoms with van der Waals surface area (Å²) in [5.41, 5.74) is 3.25. The van der Waals surface area contributed by atoms with Gasteiger partial charge >= 0.3 is 5.97 Å². The largest absolute Gasteiger partial charge is 0.462 e. The fourth-order valence-corrected chi connectivity index (χ4v) is 4.89. The fourth-order valence-electron chi connectivity index (χ4n) is 4.06. The Kier molecular flexibility index (Phi) is 6.33. The maximum absolute atomic E-state index is 12.6. The van der Waals surface area contributed by atoms with E-state index in [0.717, 1.165) is 27.9 Å². The second kappa shape index (κ2) is 8.55. The maximum atomic E-state index is 12.6. The first-order valence-corrected chi connectivity index (χ1v) is 10.7. The molecule has 0 bridgehead atoms. The van der Waals surface area contributed by atoms with Gasteiger partial charge < -0.3 is 9.30 Å². The van der Waals surface area contributed by atoms with Crippen molar-refractivity contribution in [3.8, 4) is 0 Å². The number of aromatic nitrogens is 1. The van der Waals surface area contributed by atoms with Crippen molar-refractivity contribution < 1.29 is 19.1 Å². The molecule has 1 saturated carbocycles. The molecule has 0 atom stereocenters. The Balaban J connectivity index is 1.79. The molecule has 0 spiro atoms. The van der Waals surface area contributed by atoms with Crippen molar-refractivity contribution in [3.05, 3.63) is 27.9 Å². The quantitative estimate of drug-likeness (QED) is 0.530. The van der Waals surface area contributed by atoms with E-state index in [-0.39, 0.29) is 12.6 Å². The minimum atomic E-state index is -0.575. The number of rotatable bonds is 5. The highest BCUT2D eigenvalue weighted by molar-refractivity contribution is 8.18. The molecule has 0 N–H and O–H groups in total. The molecule has 7 heteroatoms. The van der Waals surface area contributed by atoms with Crippen molar-refractivity contribution in [3.63, 3.8) is 0 Å². The second-order valence-corrected chi connectivity index (χ2v) is 8.79. The Morgan fingerprint density at radius 1 is 1.25 bits per heavy atom. The van der Waals surface area contributed by atoms with E-state index in [4.69, 9.17) is 4.74 Å². The number of amides is 2. The van der Waals surface area contributed by atoms with Gasteiger partial charge in [-0.3, -0.25) is 19.3 Å². The summed E-state index contributed by atoms with van der Waals surface area (Å²) in [7, 11) is 0. The lowest BCUT2D eigenvalue weighted by atomic mass is 9.95. The average Bonchev–Trinajstić information content (AvgIpc) is 3.05. The van der Waals surface area contributed by atoms with Crippen molar-refractivity contribution in [2.75, 3.05) is 6.54 Å². The Morgan fingerprint density at radius 3 is 2.57 bits per heavy atom. The van der Waals surface area contributed by atoms with Crippen molar-refractivity contribution in [2.45, 2.75) is 71.9 Å². The van der Waals surface area contributed by atoms with Crippen LogP contribution in [-0.4, -0.2) is 39.2 Å². The third kappa shape index (κ3) is 4.35. The fraction of sp³-hybridized carbons (Fsp3) is 0.571. The molecule has 1 saturated heterocycles. The first kappa shape index (κ1) is 20.7. The van der Waals surface area contributed by atoms with Crippen LogP contribution >= 0.6 is 11.8 Å². The number of nitrogens with zero attached hydrogens (tertiary/aromatic N) is 2. The standard InChI is InChI=1S/C21H28N2O4S/c1-13(2)27-19(24)12-22-20(25)18(28-21(22)26)11-16-10-14(3)23(15(16)4)17-8-6-5-7-9-17/h10-11,13,17H,5-9,12H2,1-4H3/b18-11-. The molecule has 0 aromatic carbocycles. The number of carbonyl (C=O) groups is 3. The van der Waals surface area contributed by atoms with Crippen LogP contribution in [0.5, 0.6) is 0 Å². The van der Waals surface area contributed by atoms with Crippen LogP contribution in [0.4, 0.5) is 4.79 Å². The zero-order chi connectivity index (χ0) is 20.4. The van der Waals surface area contributed by atoms with Crippen LogP contribution in [0.3, 0.4) is 0 Å². The summed E-state index contributed by atoms with van der Waals surface area (Å²) in [6.07, 6.45) is 7.67. The summed E-state index contributed by atoms with van der Waals surface area (Å²) in [6.45, 7) is 7.27. The molecule has 1 aliphatic carbocycles. The summed E-state index contributed by atoms with van der Waals surface area (Å²) in [5, 5.41) is -0.432. The van der Waals surface area contributed by atoms with E-state index in [2.05, 4.69) is 24.5 Å². The van der Waals surface area contributed by atoms with Crippen LogP contribution in [0, 0.1) is 13.8 Å². The minimum absolute atomic E-state index is 0.284. The number of esters is 1. The molecule has 0 radical (unpaired) electrons. The molecule has 2 amide bonds. The number of thioether (sulfide) groups is 1. The van der Waals surface area contributed by atoms with Gasteiger partial charge in [0.05, 0.1) is 11.0 Å². The monoisotopic (exact) mass is 404 g/mol. The molecule has 152 valence electrons. The van der Waals surface area contributed by atoms with Crippen LogP contribution in [0.2, 0.25) is 0 Å². The summed E-state index contributed by atoms with van der Waals surface area (Å²) in [5.74, 6) is -1.01. The van der Waals surface area contributed by atoms with Gasteiger partial charge in [-0.1, -0.05) is 19.3 Å². The predicted octanol–water partition coefficient (Wildman–Crippen LogP) is 4.60. The lowest BCUT2D eigenvalue weighted by Gasteiger charge is -2.26. The van der Waals surface area contributed by atoms with Crippen molar-refractivity contribution >= 4 is 35.0 Å². The number of ether oxygens (including phenoxy) is 1. The average molecular weight is 405 g/mol. The molecule has 1 aromatic heterocycles. The Hall–Kier alpha value is -2.02. The van der Waals surface area contributed by atoms with Crippen LogP contribution in [0.15, 0.2) is 11.0 Å². The molecular formula is C21H28N2O4S. The van der Waals surface area contributed by atoms with Gasteiger partial charge in [0.1, 0.15) is 6.54 Å². The van der Waals surface area contributed by atoms with Crippen LogP contribution in [0.25, 0.3) is 6.08 Å². The smallest absolute Gasteiger partial charge is 0.326 e. The normalized spacial score (nSPS) is 19.9. The van der Waals surface area contributed by atoms with Crippen LogP contribution in [-0.2, 0) is 14.3 Å². The van der Waals surface area contributed by atoms with Gasteiger partial charge in [-0.05, 0) is 70.0 Å². The van der Waals surface area contributed by atoms with Gasteiger partial charge in [0.25, 0.3) is 11.1 Å². The molecular weight excluding hydrogens is 376 g/mol. The van der Waals surface area contributed by atoms with Crippen molar-refractivity contribution in [1.82, 2.24) is 9.47 Å². The maximum Gasteiger partial charge on any atom is 0.326 e. The summed E-state index contributed by atoms with van der Waals surface area (Å²) in [6, 6.07) is 2.59. The highest BCUT2D eigenvalue weighted by Gasteiger charge is 2.37. The first-order chi connectivity index (χ1) is 13.3. The number of hydrogen-bond acceptors (Lipinski definition) is 5. The minimum Gasteiger partial charge on any atom is -0.462 e. The Bertz CT molecular complexity index is 819. The van der Waals surface area contributed by atoms with E-state index < -0.39 is 17.1 Å². The third-order valence-corrected chi connectivity index (χ3v) is 6.19. The Labute approximate surface area is 170 Å². The Morgan fingerprint density at radius 2 is 1.93 bits per heavy atom. The zero-order valence-corrected chi connectivity index (χ0v) is 17.8. The van der Waals surface area contributed by atoms with E-state index in [0.29, 0.717) is 10.9 Å². The summed E-state index contributed by atoms with van der Waals surface area (Å²) < 4.78 is 7.42. The molecule has 1 aliphatic heterocycles. The molecule has 2 aliphatic rings. The number of imide groups is 1. The highest BCUT2D eigenvalue weighted by atomic mass is 32.2. The highest BCUT2D eigenvalue weighted by Crippen LogP contribution is 2.36. The van der Waals surface area contributed by atoms with Gasteiger partial charge in [-0.2, -0.15) is 0 Å². The summed E-state index contributed by atoms with van der Waals surface area (Å²) in [4.78, 5) is 38.0. The van der Waals surface area contributed by atoms with Gasteiger partial charge in [-0.15, -0.1) is 0 Å². The number of carbonyl (C=O) groups excluding carboxylic acids is 3. The number of hydrogen-bond donors (Lipinski definition) is 0. The van der Waals surface area contributed by atoms with Gasteiger partial charge in [0, 0.05) is 17.4 Å². The molecule has 1 aromatic rings. The van der Waals surface area contributed by atoms with Crippen LogP contribution in [0.1, 0.15) is 68.9 Å². The van der Waals surface area contributed by atoms with E-state index in [1.165, 1.54) is 37.8 Å². The van der Waals surface area contributed by atoms with Gasteiger partial charge in [-0.25, -0.2) is 0 Å². The molecule has 2 heterocycles. The summed E-state index contributed by atoms with van der Waals surface area (Å²) >= 11 is 0.878. The first-order valence-electron chi connectivity index (χ1n) is 9.91. The molecule has 28 heavy (non-hydrogen) atoms. The topological polar surface area (TPSA) is 68.6 Å². The SMILES string of the molecule is Cc1cc(/C=C2\SC(=O)N(CC(=O)OC(C)C)C2=O)c(C)n1C1CCCCC1.